The molecule has 0 aromatic carbocycles. The Morgan fingerprint density at radius 2 is 2.21 bits per heavy atom. The van der Waals surface area contributed by atoms with E-state index in [9.17, 15) is 9.18 Å². The summed E-state index contributed by atoms with van der Waals surface area (Å²) in [5.41, 5.74) is 0.652. The summed E-state index contributed by atoms with van der Waals surface area (Å²) >= 11 is 0. The molecule has 0 N–H and O–H groups in total. The van der Waals surface area contributed by atoms with Crippen LogP contribution in [0.1, 0.15) is 11.9 Å². The van der Waals surface area contributed by atoms with Crippen LogP contribution in [0.2, 0.25) is 0 Å². The highest BCUT2D eigenvalue weighted by molar-refractivity contribution is 5.58. The van der Waals surface area contributed by atoms with Gasteiger partial charge in [0.2, 0.25) is 0 Å². The molecule has 6 heteroatoms. The molecule has 0 radical (unpaired) electrons. The van der Waals surface area contributed by atoms with Crippen molar-refractivity contribution in [1.29, 1.82) is 0 Å². The Kier molecular flexibility index (Phi) is 2.87. The van der Waals surface area contributed by atoms with Crippen LogP contribution in [-0.2, 0) is 4.74 Å². The second-order valence-corrected chi connectivity index (χ2v) is 4.47. The molecule has 2 aromatic rings. The molecule has 0 spiro atoms. The molecule has 0 aliphatic carbocycles. The minimum absolute atomic E-state index is 0.0263. The Morgan fingerprint density at radius 1 is 1.42 bits per heavy atom. The zero-order valence-electron chi connectivity index (χ0n) is 10.3. The minimum Gasteiger partial charge on any atom is -0.377 e. The van der Waals surface area contributed by atoms with Crippen LogP contribution in [-0.4, -0.2) is 27.7 Å². The second-order valence-electron chi connectivity index (χ2n) is 4.47. The van der Waals surface area contributed by atoms with Gasteiger partial charge in [-0.05, 0) is 13.0 Å². The van der Waals surface area contributed by atoms with Crippen LogP contribution in [0.25, 0.3) is 11.3 Å². The van der Waals surface area contributed by atoms with Gasteiger partial charge in [0.15, 0.2) is 5.82 Å². The van der Waals surface area contributed by atoms with Crippen molar-refractivity contribution < 1.29 is 9.13 Å². The smallest absolute Gasteiger partial charge is 0.250 e. The SMILES string of the molecule is Cc1ncc(F)c(-c2ccc(=O)n(C3COC3)c2)n1. The van der Waals surface area contributed by atoms with Crippen molar-refractivity contribution in [3.8, 4) is 11.3 Å². The van der Waals surface area contributed by atoms with Crippen molar-refractivity contribution >= 4 is 0 Å². The Balaban J connectivity index is 2.10. The average molecular weight is 261 g/mol. The molecule has 1 fully saturated rings. The first-order chi connectivity index (χ1) is 9.15. The van der Waals surface area contributed by atoms with Crippen molar-refractivity contribution in [1.82, 2.24) is 14.5 Å². The van der Waals surface area contributed by atoms with Crippen LogP contribution in [0, 0.1) is 12.7 Å². The fraction of sp³-hybridized carbons (Fsp3) is 0.308. The number of halogens is 1. The number of nitrogens with zero attached hydrogens (tertiary/aromatic N) is 3. The minimum atomic E-state index is -0.499. The number of hydrogen-bond donors (Lipinski definition) is 0. The van der Waals surface area contributed by atoms with E-state index in [1.54, 1.807) is 23.8 Å². The number of pyridine rings is 1. The van der Waals surface area contributed by atoms with Gasteiger partial charge in [-0.2, -0.15) is 0 Å². The van der Waals surface area contributed by atoms with Crippen molar-refractivity contribution in [2.45, 2.75) is 13.0 Å². The van der Waals surface area contributed by atoms with E-state index in [4.69, 9.17) is 4.74 Å². The summed E-state index contributed by atoms with van der Waals surface area (Å²) in [4.78, 5) is 19.6. The fourth-order valence-electron chi connectivity index (χ4n) is 1.97. The maximum atomic E-state index is 13.7. The average Bonchev–Trinajstić information content (AvgIpc) is 2.33. The molecule has 0 saturated carbocycles. The summed E-state index contributed by atoms with van der Waals surface area (Å²) in [7, 11) is 0. The molecule has 0 atom stereocenters. The Bertz CT molecular complexity index is 680. The third-order valence-corrected chi connectivity index (χ3v) is 3.09. The second kappa shape index (κ2) is 4.55. The zero-order chi connectivity index (χ0) is 13.4. The number of rotatable bonds is 2. The van der Waals surface area contributed by atoms with Crippen LogP contribution in [0.5, 0.6) is 0 Å². The third-order valence-electron chi connectivity index (χ3n) is 3.09. The lowest BCUT2D eigenvalue weighted by molar-refractivity contribution is -0.0247. The van der Waals surface area contributed by atoms with E-state index in [2.05, 4.69) is 9.97 Å². The Labute approximate surface area is 108 Å². The number of ether oxygens (including phenoxy) is 1. The van der Waals surface area contributed by atoms with Crippen molar-refractivity contribution in [3.63, 3.8) is 0 Å². The first-order valence-electron chi connectivity index (χ1n) is 5.94. The molecule has 19 heavy (non-hydrogen) atoms. The number of aromatic nitrogens is 3. The van der Waals surface area contributed by atoms with Crippen molar-refractivity contribution in [2.75, 3.05) is 13.2 Å². The van der Waals surface area contributed by atoms with Gasteiger partial charge in [0, 0.05) is 17.8 Å². The predicted molar refractivity (Wildman–Crippen MR) is 66.3 cm³/mol. The van der Waals surface area contributed by atoms with Crippen LogP contribution >= 0.6 is 0 Å². The van der Waals surface area contributed by atoms with Crippen molar-refractivity contribution in [3.05, 3.63) is 46.5 Å². The lowest BCUT2D eigenvalue weighted by atomic mass is 10.1. The van der Waals surface area contributed by atoms with E-state index >= 15 is 0 Å². The summed E-state index contributed by atoms with van der Waals surface area (Å²) in [6, 6.07) is 3.02. The molecule has 0 bridgehead atoms. The van der Waals surface area contributed by atoms with Crippen LogP contribution in [0.4, 0.5) is 4.39 Å². The van der Waals surface area contributed by atoms with E-state index in [-0.39, 0.29) is 17.3 Å². The predicted octanol–water partition coefficient (Wildman–Crippen LogP) is 1.32. The molecular formula is C13H12FN3O2. The van der Waals surface area contributed by atoms with E-state index in [0.717, 1.165) is 6.20 Å². The van der Waals surface area contributed by atoms with Gasteiger partial charge in [-0.3, -0.25) is 4.79 Å². The molecule has 3 heterocycles. The highest BCUT2D eigenvalue weighted by atomic mass is 19.1. The van der Waals surface area contributed by atoms with Gasteiger partial charge >= 0.3 is 0 Å². The highest BCUT2D eigenvalue weighted by Crippen LogP contribution is 2.21. The third kappa shape index (κ3) is 2.15. The molecule has 0 unspecified atom stereocenters. The Morgan fingerprint density at radius 3 is 2.89 bits per heavy atom. The van der Waals surface area contributed by atoms with Crippen LogP contribution < -0.4 is 5.56 Å². The van der Waals surface area contributed by atoms with Crippen LogP contribution in [0.3, 0.4) is 0 Å². The van der Waals surface area contributed by atoms with Crippen LogP contribution in [0.15, 0.2) is 29.3 Å². The lowest BCUT2D eigenvalue weighted by Gasteiger charge is -2.28. The van der Waals surface area contributed by atoms with Gasteiger partial charge in [-0.1, -0.05) is 0 Å². The summed E-state index contributed by atoms with van der Waals surface area (Å²) in [6.07, 6.45) is 2.76. The van der Waals surface area contributed by atoms with Crippen molar-refractivity contribution in [2.24, 2.45) is 0 Å². The van der Waals surface area contributed by atoms with Gasteiger partial charge in [-0.25, -0.2) is 14.4 Å². The zero-order valence-corrected chi connectivity index (χ0v) is 10.3. The topological polar surface area (TPSA) is 57.0 Å². The normalized spacial score (nSPS) is 15.3. The van der Waals surface area contributed by atoms with Gasteiger partial charge in [0.25, 0.3) is 5.56 Å². The molecule has 1 aliphatic heterocycles. The maximum absolute atomic E-state index is 13.7. The summed E-state index contributed by atoms with van der Waals surface area (Å²) in [5, 5.41) is 0. The fourth-order valence-corrected chi connectivity index (χ4v) is 1.97. The molecule has 3 rings (SSSR count). The molecule has 5 nitrogen and oxygen atoms in total. The van der Waals surface area contributed by atoms with E-state index in [1.807, 2.05) is 0 Å². The van der Waals surface area contributed by atoms with Gasteiger partial charge < -0.3 is 9.30 Å². The molecule has 98 valence electrons. The van der Waals surface area contributed by atoms with E-state index in [1.165, 1.54) is 6.07 Å². The maximum Gasteiger partial charge on any atom is 0.250 e. The molecule has 1 saturated heterocycles. The molecule has 0 amide bonds. The highest BCUT2D eigenvalue weighted by Gasteiger charge is 2.22. The summed E-state index contributed by atoms with van der Waals surface area (Å²) < 4.78 is 20.4. The monoisotopic (exact) mass is 261 g/mol. The van der Waals surface area contributed by atoms with Gasteiger partial charge in [0.05, 0.1) is 25.5 Å². The number of aryl methyl sites for hydroxylation is 1. The quantitative estimate of drug-likeness (QED) is 0.818. The van der Waals surface area contributed by atoms with Gasteiger partial charge in [-0.15, -0.1) is 0 Å². The largest absolute Gasteiger partial charge is 0.377 e. The Hall–Kier alpha value is -2.08. The van der Waals surface area contributed by atoms with Gasteiger partial charge in [0.1, 0.15) is 11.5 Å². The van der Waals surface area contributed by atoms with E-state index in [0.29, 0.717) is 24.6 Å². The standard InChI is InChI=1S/C13H12FN3O2/c1-8-15-4-11(14)13(16-8)9-2-3-12(18)17(5-9)10-6-19-7-10/h2-5,10H,6-7H2,1H3. The number of hydrogen-bond acceptors (Lipinski definition) is 4. The summed E-state index contributed by atoms with van der Waals surface area (Å²) in [6.45, 7) is 2.71. The first kappa shape index (κ1) is 12.0. The molecule has 1 aliphatic rings. The summed E-state index contributed by atoms with van der Waals surface area (Å²) in [5.74, 6) is -0.0122. The molecular weight excluding hydrogens is 249 g/mol. The first-order valence-corrected chi connectivity index (χ1v) is 5.94. The molecule has 2 aromatic heterocycles. The van der Waals surface area contributed by atoms with E-state index < -0.39 is 5.82 Å². The lowest BCUT2D eigenvalue weighted by Crippen LogP contribution is -2.36.